The second-order valence-corrected chi connectivity index (χ2v) is 7.38. The number of aryl methyl sites for hydroxylation is 1. The molecule has 1 heterocycles. The number of hydrogen-bond acceptors (Lipinski definition) is 5. The van der Waals surface area contributed by atoms with E-state index in [1.165, 1.54) is 11.8 Å². The number of thiazole rings is 1. The lowest BCUT2D eigenvalue weighted by atomic mass is 10.1. The summed E-state index contributed by atoms with van der Waals surface area (Å²) in [5, 5.41) is 14.8. The lowest BCUT2D eigenvalue weighted by Crippen LogP contribution is -2.40. The summed E-state index contributed by atoms with van der Waals surface area (Å²) in [6.07, 6.45) is 1.10. The third-order valence-electron chi connectivity index (χ3n) is 3.35. The number of thioether (sulfide) groups is 1. The van der Waals surface area contributed by atoms with Gasteiger partial charge in [-0.25, -0.2) is 9.78 Å². The second kappa shape index (κ2) is 8.84. The number of carboxylic acid groups (broad SMARTS) is 1. The van der Waals surface area contributed by atoms with Crippen LogP contribution in [0.25, 0.3) is 0 Å². The highest BCUT2D eigenvalue weighted by Gasteiger charge is 2.21. The Morgan fingerprint density at radius 3 is 2.75 bits per heavy atom. The molecule has 0 saturated carbocycles. The standard InChI is InChI=1S/C17H20N2O3S2/c1-3-6-14(17(21)22)19-16(20)13-7-4-5-8-15(13)24-10-12-9-23-11(2)18-12/h4-5,7-9,14H,3,6,10H2,1-2H3,(H,19,20)(H,21,22). The molecule has 128 valence electrons. The van der Waals surface area contributed by atoms with Gasteiger partial charge in [0.15, 0.2) is 0 Å². The topological polar surface area (TPSA) is 79.3 Å². The van der Waals surface area contributed by atoms with Crippen molar-refractivity contribution in [1.29, 1.82) is 0 Å². The van der Waals surface area contributed by atoms with Gasteiger partial charge in [-0.1, -0.05) is 25.5 Å². The minimum absolute atomic E-state index is 0.353. The maximum absolute atomic E-state index is 12.5. The van der Waals surface area contributed by atoms with Crippen molar-refractivity contribution in [2.45, 2.75) is 43.4 Å². The summed E-state index contributed by atoms with van der Waals surface area (Å²) in [7, 11) is 0. The van der Waals surface area contributed by atoms with Crippen LogP contribution in [0.4, 0.5) is 0 Å². The van der Waals surface area contributed by atoms with Crippen molar-refractivity contribution in [3.8, 4) is 0 Å². The van der Waals surface area contributed by atoms with E-state index in [2.05, 4.69) is 10.3 Å². The van der Waals surface area contributed by atoms with E-state index in [4.69, 9.17) is 0 Å². The number of nitrogens with one attached hydrogen (secondary N) is 1. The first-order valence-corrected chi connectivity index (χ1v) is 9.54. The third-order valence-corrected chi connectivity index (χ3v) is 5.28. The summed E-state index contributed by atoms with van der Waals surface area (Å²) in [6, 6.07) is 6.37. The van der Waals surface area contributed by atoms with Crippen LogP contribution in [-0.4, -0.2) is 28.0 Å². The molecule has 2 rings (SSSR count). The molecule has 0 radical (unpaired) electrons. The minimum Gasteiger partial charge on any atom is -0.480 e. The van der Waals surface area contributed by atoms with Crippen LogP contribution in [0.5, 0.6) is 0 Å². The van der Waals surface area contributed by atoms with E-state index in [0.717, 1.165) is 15.6 Å². The molecule has 0 aliphatic carbocycles. The van der Waals surface area contributed by atoms with Gasteiger partial charge in [-0.05, 0) is 25.5 Å². The molecule has 1 unspecified atom stereocenters. The van der Waals surface area contributed by atoms with Gasteiger partial charge in [-0.2, -0.15) is 0 Å². The molecule has 7 heteroatoms. The first-order chi connectivity index (χ1) is 11.5. The van der Waals surface area contributed by atoms with Gasteiger partial charge in [-0.15, -0.1) is 23.1 Å². The predicted octanol–water partition coefficient (Wildman–Crippen LogP) is 3.73. The maximum atomic E-state index is 12.5. The molecule has 0 aliphatic rings. The molecule has 0 aliphatic heterocycles. The third kappa shape index (κ3) is 5.07. The van der Waals surface area contributed by atoms with E-state index in [9.17, 15) is 14.7 Å². The Morgan fingerprint density at radius 2 is 2.12 bits per heavy atom. The molecule has 0 fully saturated rings. The number of carbonyl (C=O) groups is 2. The van der Waals surface area contributed by atoms with Gasteiger partial charge in [-0.3, -0.25) is 4.79 Å². The highest BCUT2D eigenvalue weighted by molar-refractivity contribution is 7.98. The minimum atomic E-state index is -1.01. The summed E-state index contributed by atoms with van der Waals surface area (Å²) >= 11 is 3.12. The fraction of sp³-hybridized carbons (Fsp3) is 0.353. The zero-order valence-electron chi connectivity index (χ0n) is 13.6. The molecule has 24 heavy (non-hydrogen) atoms. The smallest absolute Gasteiger partial charge is 0.326 e. The molecule has 2 N–H and O–H groups in total. The van der Waals surface area contributed by atoms with Crippen molar-refractivity contribution in [2.24, 2.45) is 0 Å². The van der Waals surface area contributed by atoms with Gasteiger partial charge in [0.1, 0.15) is 6.04 Å². The number of aromatic nitrogens is 1. The molecule has 0 spiro atoms. The average Bonchev–Trinajstić information content (AvgIpc) is 2.98. The van der Waals surface area contributed by atoms with Crippen molar-refractivity contribution in [2.75, 3.05) is 0 Å². The van der Waals surface area contributed by atoms with Crippen molar-refractivity contribution in [3.63, 3.8) is 0 Å². The summed E-state index contributed by atoms with van der Waals surface area (Å²) < 4.78 is 0. The van der Waals surface area contributed by atoms with E-state index in [-0.39, 0.29) is 5.91 Å². The van der Waals surface area contributed by atoms with Crippen LogP contribution >= 0.6 is 23.1 Å². The Labute approximate surface area is 149 Å². The van der Waals surface area contributed by atoms with Crippen molar-refractivity contribution in [1.82, 2.24) is 10.3 Å². The average molecular weight is 364 g/mol. The molecule has 2 aromatic rings. The summed E-state index contributed by atoms with van der Waals surface area (Å²) in [6.45, 7) is 3.85. The van der Waals surface area contributed by atoms with Crippen LogP contribution in [0, 0.1) is 6.92 Å². The monoisotopic (exact) mass is 364 g/mol. The SMILES string of the molecule is CCCC(NC(=O)c1ccccc1SCc1csc(C)n1)C(=O)O. The second-order valence-electron chi connectivity index (χ2n) is 5.30. The molecule has 1 atom stereocenters. The highest BCUT2D eigenvalue weighted by atomic mass is 32.2. The Kier molecular flexibility index (Phi) is 6.81. The van der Waals surface area contributed by atoms with Gasteiger partial charge in [0.2, 0.25) is 0 Å². The molecule has 1 amide bonds. The first kappa shape index (κ1) is 18.5. The summed E-state index contributed by atoms with van der Waals surface area (Å²) in [5.41, 5.74) is 1.48. The van der Waals surface area contributed by atoms with Gasteiger partial charge >= 0.3 is 5.97 Å². The van der Waals surface area contributed by atoms with Gasteiger partial charge in [0, 0.05) is 16.0 Å². The van der Waals surface area contributed by atoms with Gasteiger partial charge in [0.25, 0.3) is 5.91 Å². The Morgan fingerprint density at radius 1 is 1.38 bits per heavy atom. The van der Waals surface area contributed by atoms with E-state index >= 15 is 0 Å². The molecular formula is C17H20N2O3S2. The van der Waals surface area contributed by atoms with Crippen LogP contribution in [0.1, 0.15) is 40.8 Å². The molecule has 1 aromatic carbocycles. The molecule has 5 nitrogen and oxygen atoms in total. The number of carbonyl (C=O) groups excluding carboxylic acids is 1. The normalized spacial score (nSPS) is 11.9. The van der Waals surface area contributed by atoms with Crippen LogP contribution in [-0.2, 0) is 10.5 Å². The van der Waals surface area contributed by atoms with Gasteiger partial charge < -0.3 is 10.4 Å². The first-order valence-electron chi connectivity index (χ1n) is 7.67. The van der Waals surface area contributed by atoms with E-state index in [1.54, 1.807) is 23.5 Å². The number of carboxylic acids is 1. The van der Waals surface area contributed by atoms with Crippen molar-refractivity contribution >= 4 is 35.0 Å². The number of amides is 1. The number of benzene rings is 1. The zero-order valence-corrected chi connectivity index (χ0v) is 15.2. The molecule has 0 saturated heterocycles. The van der Waals surface area contributed by atoms with E-state index < -0.39 is 12.0 Å². The quantitative estimate of drug-likeness (QED) is 0.698. The van der Waals surface area contributed by atoms with E-state index in [1.807, 2.05) is 31.4 Å². The van der Waals surface area contributed by atoms with Crippen LogP contribution in [0.3, 0.4) is 0 Å². The maximum Gasteiger partial charge on any atom is 0.326 e. The van der Waals surface area contributed by atoms with Crippen LogP contribution in [0.15, 0.2) is 34.5 Å². The number of rotatable bonds is 8. The van der Waals surface area contributed by atoms with Gasteiger partial charge in [0.05, 0.1) is 16.3 Å². The Hall–Kier alpha value is -1.86. The fourth-order valence-electron chi connectivity index (χ4n) is 2.19. The number of hydrogen-bond donors (Lipinski definition) is 2. The predicted molar refractivity (Wildman–Crippen MR) is 96.7 cm³/mol. The number of nitrogens with zero attached hydrogens (tertiary/aromatic N) is 1. The lowest BCUT2D eigenvalue weighted by molar-refractivity contribution is -0.139. The van der Waals surface area contributed by atoms with Crippen molar-refractivity contribution < 1.29 is 14.7 Å². The largest absolute Gasteiger partial charge is 0.480 e. The molecular weight excluding hydrogens is 344 g/mol. The highest BCUT2D eigenvalue weighted by Crippen LogP contribution is 2.27. The summed E-state index contributed by atoms with van der Waals surface area (Å²) in [4.78, 5) is 28.9. The van der Waals surface area contributed by atoms with Crippen molar-refractivity contribution in [3.05, 3.63) is 45.9 Å². The Balaban J connectivity index is 2.09. The van der Waals surface area contributed by atoms with Crippen LogP contribution in [0.2, 0.25) is 0 Å². The summed E-state index contributed by atoms with van der Waals surface area (Å²) in [5.74, 6) is -0.687. The fourth-order valence-corrected chi connectivity index (χ4v) is 3.85. The molecule has 0 bridgehead atoms. The number of aliphatic carboxylic acids is 1. The molecule has 1 aromatic heterocycles. The lowest BCUT2D eigenvalue weighted by Gasteiger charge is -2.15. The zero-order chi connectivity index (χ0) is 17.5. The van der Waals surface area contributed by atoms with E-state index in [0.29, 0.717) is 24.2 Å². The Bertz CT molecular complexity index is 715. The van der Waals surface area contributed by atoms with Crippen LogP contribution < -0.4 is 5.32 Å².